The van der Waals surface area contributed by atoms with Gasteiger partial charge in [0.05, 0.1) is 5.75 Å². The molecule has 7 nitrogen and oxygen atoms in total. The van der Waals surface area contributed by atoms with Gasteiger partial charge in [0.25, 0.3) is 0 Å². The zero-order chi connectivity index (χ0) is 17.9. The molecule has 2 aromatic rings. The van der Waals surface area contributed by atoms with Gasteiger partial charge in [0.2, 0.25) is 10.0 Å². The highest BCUT2D eigenvalue weighted by Crippen LogP contribution is 2.25. The minimum absolute atomic E-state index is 0.0595. The molecular weight excluding hydrogens is 338 g/mol. The topological polar surface area (TPSA) is 102 Å². The molecule has 2 aromatic heterocycles. The second kappa shape index (κ2) is 7.45. The molecule has 3 rings (SSSR count). The van der Waals surface area contributed by atoms with E-state index in [-0.39, 0.29) is 11.7 Å². The first-order valence-corrected chi connectivity index (χ1v) is 10.2. The summed E-state index contributed by atoms with van der Waals surface area (Å²) in [5, 5.41) is 5.17. The SMILES string of the molecule is CCc1cc(N2CCC(CS(N)(=O)=O)CC2)nc(-c2ccccn2)n1. The standard InChI is InChI=1S/C17H23N5O2S/c1-2-14-11-16(21-17(20-14)15-5-3-4-8-19-15)22-9-6-13(7-10-22)12-25(18,23)24/h3-5,8,11,13H,2,6-7,9-10,12H2,1H3,(H2,18,23,24). The van der Waals surface area contributed by atoms with Crippen LogP contribution in [0, 0.1) is 5.92 Å². The van der Waals surface area contributed by atoms with Gasteiger partial charge in [0.1, 0.15) is 11.5 Å². The Morgan fingerprint density at radius 1 is 1.24 bits per heavy atom. The average molecular weight is 361 g/mol. The van der Waals surface area contributed by atoms with E-state index in [1.54, 1.807) is 6.20 Å². The number of anilines is 1. The van der Waals surface area contributed by atoms with E-state index in [9.17, 15) is 8.42 Å². The van der Waals surface area contributed by atoms with Crippen LogP contribution >= 0.6 is 0 Å². The number of piperidine rings is 1. The zero-order valence-electron chi connectivity index (χ0n) is 14.3. The smallest absolute Gasteiger partial charge is 0.209 e. The Morgan fingerprint density at radius 3 is 2.60 bits per heavy atom. The highest BCUT2D eigenvalue weighted by Gasteiger charge is 2.24. The van der Waals surface area contributed by atoms with Gasteiger partial charge in [0, 0.05) is 31.0 Å². The highest BCUT2D eigenvalue weighted by atomic mass is 32.2. The Bertz CT molecular complexity index is 818. The fraction of sp³-hybridized carbons (Fsp3) is 0.471. The lowest BCUT2D eigenvalue weighted by Gasteiger charge is -2.32. The zero-order valence-corrected chi connectivity index (χ0v) is 15.1. The van der Waals surface area contributed by atoms with E-state index < -0.39 is 10.0 Å². The van der Waals surface area contributed by atoms with Gasteiger partial charge in [-0.3, -0.25) is 4.98 Å². The van der Waals surface area contributed by atoms with Crippen molar-refractivity contribution in [2.24, 2.45) is 11.1 Å². The summed E-state index contributed by atoms with van der Waals surface area (Å²) >= 11 is 0. The molecule has 0 bridgehead atoms. The molecule has 2 N–H and O–H groups in total. The van der Waals surface area contributed by atoms with Crippen LogP contribution in [-0.2, 0) is 16.4 Å². The van der Waals surface area contributed by atoms with Crippen molar-refractivity contribution in [3.05, 3.63) is 36.2 Å². The van der Waals surface area contributed by atoms with Gasteiger partial charge in [-0.25, -0.2) is 23.5 Å². The molecule has 3 heterocycles. The quantitative estimate of drug-likeness (QED) is 0.868. The molecule has 0 aliphatic carbocycles. The molecule has 0 saturated carbocycles. The van der Waals surface area contributed by atoms with Crippen molar-refractivity contribution in [1.82, 2.24) is 15.0 Å². The summed E-state index contributed by atoms with van der Waals surface area (Å²) in [4.78, 5) is 15.8. The molecule has 1 aliphatic rings. The summed E-state index contributed by atoms with van der Waals surface area (Å²) in [7, 11) is -3.41. The molecule has 0 unspecified atom stereocenters. The van der Waals surface area contributed by atoms with Crippen molar-refractivity contribution < 1.29 is 8.42 Å². The Hall–Kier alpha value is -2.06. The monoisotopic (exact) mass is 361 g/mol. The van der Waals surface area contributed by atoms with E-state index in [0.717, 1.165) is 49.6 Å². The van der Waals surface area contributed by atoms with E-state index in [1.165, 1.54) is 0 Å². The van der Waals surface area contributed by atoms with Crippen molar-refractivity contribution >= 4 is 15.8 Å². The molecule has 134 valence electrons. The minimum atomic E-state index is -3.41. The molecule has 25 heavy (non-hydrogen) atoms. The predicted molar refractivity (Wildman–Crippen MR) is 97.6 cm³/mol. The van der Waals surface area contributed by atoms with Crippen molar-refractivity contribution in [3.63, 3.8) is 0 Å². The Balaban J connectivity index is 1.79. The van der Waals surface area contributed by atoms with E-state index in [1.807, 2.05) is 24.3 Å². The van der Waals surface area contributed by atoms with Crippen molar-refractivity contribution in [1.29, 1.82) is 0 Å². The number of nitrogens with two attached hydrogens (primary N) is 1. The number of nitrogens with zero attached hydrogens (tertiary/aromatic N) is 4. The van der Waals surface area contributed by atoms with Crippen LogP contribution in [0.1, 0.15) is 25.5 Å². The maximum Gasteiger partial charge on any atom is 0.209 e. The van der Waals surface area contributed by atoms with Crippen LogP contribution in [0.15, 0.2) is 30.5 Å². The second-order valence-corrected chi connectivity index (χ2v) is 8.03. The van der Waals surface area contributed by atoms with Crippen LogP contribution in [0.5, 0.6) is 0 Å². The number of aryl methyl sites for hydroxylation is 1. The molecule has 1 fully saturated rings. The van der Waals surface area contributed by atoms with Gasteiger partial charge >= 0.3 is 0 Å². The predicted octanol–water partition coefficient (Wildman–Crippen LogP) is 1.61. The first kappa shape index (κ1) is 17.8. The third-order valence-electron chi connectivity index (χ3n) is 4.43. The summed E-state index contributed by atoms with van der Waals surface area (Å²) in [6.07, 6.45) is 4.13. The van der Waals surface area contributed by atoms with E-state index in [2.05, 4.69) is 26.8 Å². The molecule has 0 spiro atoms. The number of pyridine rings is 1. The van der Waals surface area contributed by atoms with Crippen LogP contribution in [0.2, 0.25) is 0 Å². The Kier molecular flexibility index (Phi) is 5.29. The minimum Gasteiger partial charge on any atom is -0.356 e. The van der Waals surface area contributed by atoms with E-state index in [0.29, 0.717) is 5.82 Å². The average Bonchev–Trinajstić information content (AvgIpc) is 2.61. The van der Waals surface area contributed by atoms with Crippen LogP contribution in [0.4, 0.5) is 5.82 Å². The van der Waals surface area contributed by atoms with Crippen LogP contribution in [0.25, 0.3) is 11.5 Å². The van der Waals surface area contributed by atoms with Crippen molar-refractivity contribution in [3.8, 4) is 11.5 Å². The second-order valence-electron chi connectivity index (χ2n) is 6.37. The lowest BCUT2D eigenvalue weighted by atomic mass is 9.99. The third-order valence-corrected chi connectivity index (χ3v) is 5.36. The summed E-state index contributed by atoms with van der Waals surface area (Å²) in [6.45, 7) is 3.59. The largest absolute Gasteiger partial charge is 0.356 e. The number of sulfonamides is 1. The van der Waals surface area contributed by atoms with Gasteiger partial charge in [-0.2, -0.15) is 0 Å². The summed E-state index contributed by atoms with van der Waals surface area (Å²) in [6, 6.07) is 7.69. The molecule has 1 saturated heterocycles. The maximum atomic E-state index is 11.3. The molecule has 1 aliphatic heterocycles. The number of hydrogen-bond donors (Lipinski definition) is 1. The fourth-order valence-corrected chi connectivity index (χ4v) is 4.08. The molecule has 0 radical (unpaired) electrons. The molecule has 0 amide bonds. The van der Waals surface area contributed by atoms with Crippen LogP contribution in [0.3, 0.4) is 0 Å². The summed E-state index contributed by atoms with van der Waals surface area (Å²) < 4.78 is 22.5. The number of aromatic nitrogens is 3. The third kappa shape index (κ3) is 4.73. The van der Waals surface area contributed by atoms with Crippen molar-refractivity contribution in [2.75, 3.05) is 23.7 Å². The number of rotatable bonds is 5. The lowest BCUT2D eigenvalue weighted by Crippen LogP contribution is -2.37. The normalized spacial score (nSPS) is 16.2. The molecular formula is C17H23N5O2S. The first-order valence-electron chi connectivity index (χ1n) is 8.49. The number of hydrogen-bond acceptors (Lipinski definition) is 6. The molecule has 8 heteroatoms. The van der Waals surface area contributed by atoms with Crippen molar-refractivity contribution in [2.45, 2.75) is 26.2 Å². The Labute approximate surface area is 148 Å². The first-order chi connectivity index (χ1) is 11.9. The maximum absolute atomic E-state index is 11.3. The Morgan fingerprint density at radius 2 is 2.00 bits per heavy atom. The van der Waals surface area contributed by atoms with E-state index >= 15 is 0 Å². The van der Waals surface area contributed by atoms with Gasteiger partial charge in [-0.15, -0.1) is 0 Å². The van der Waals surface area contributed by atoms with Gasteiger partial charge < -0.3 is 4.90 Å². The van der Waals surface area contributed by atoms with E-state index in [4.69, 9.17) is 5.14 Å². The molecule has 0 atom stereocenters. The summed E-state index contributed by atoms with van der Waals surface area (Å²) in [5.41, 5.74) is 1.72. The van der Waals surface area contributed by atoms with Gasteiger partial charge in [-0.1, -0.05) is 13.0 Å². The number of primary sulfonamides is 1. The lowest BCUT2D eigenvalue weighted by molar-refractivity contribution is 0.434. The van der Waals surface area contributed by atoms with Gasteiger partial charge in [0.15, 0.2) is 5.82 Å². The highest BCUT2D eigenvalue weighted by molar-refractivity contribution is 7.89. The summed E-state index contributed by atoms with van der Waals surface area (Å²) in [5.74, 6) is 1.68. The van der Waals surface area contributed by atoms with Crippen LogP contribution < -0.4 is 10.0 Å². The van der Waals surface area contributed by atoms with Crippen LogP contribution in [-0.4, -0.2) is 42.2 Å². The fourth-order valence-electron chi connectivity index (χ4n) is 3.09. The molecule has 0 aromatic carbocycles. The van der Waals surface area contributed by atoms with Gasteiger partial charge in [-0.05, 0) is 37.3 Å².